The minimum atomic E-state index is -1.04. The number of hydrogen-bond acceptors (Lipinski definition) is 12. The van der Waals surface area contributed by atoms with Crippen molar-refractivity contribution in [1.29, 1.82) is 5.41 Å². The van der Waals surface area contributed by atoms with Gasteiger partial charge in [0.05, 0.1) is 38.9 Å². The number of halogens is 2. The van der Waals surface area contributed by atoms with Crippen LogP contribution in [-0.2, 0) is 27.5 Å². The highest BCUT2D eigenvalue weighted by molar-refractivity contribution is 7.22. The molecule has 0 spiro atoms. The molecule has 15 nitrogen and oxygen atoms in total. The zero-order valence-corrected chi connectivity index (χ0v) is 27.6. The van der Waals surface area contributed by atoms with Crippen LogP contribution in [0.1, 0.15) is 11.1 Å². The summed E-state index contributed by atoms with van der Waals surface area (Å²) in [6.45, 7) is -0.288. The van der Waals surface area contributed by atoms with Crippen LogP contribution < -0.4 is 26.5 Å². The van der Waals surface area contributed by atoms with E-state index in [4.69, 9.17) is 19.7 Å². The van der Waals surface area contributed by atoms with Gasteiger partial charge in [0, 0.05) is 23.1 Å². The van der Waals surface area contributed by atoms with Crippen molar-refractivity contribution in [3.05, 3.63) is 98.2 Å². The summed E-state index contributed by atoms with van der Waals surface area (Å²) in [7, 11) is 7.47. The molecule has 0 bridgehead atoms. The number of hydrogen-bond donors (Lipinski definition) is 2. The molecule has 2 N–H and O–H groups in total. The van der Waals surface area contributed by atoms with Crippen LogP contribution in [0.3, 0.4) is 0 Å². The zero-order valence-electron chi connectivity index (χ0n) is 26.8. The topological polar surface area (TPSA) is 166 Å². The van der Waals surface area contributed by atoms with Gasteiger partial charge in [-0.2, -0.15) is 10.5 Å². The number of nitrogens with one attached hydrogen (secondary N) is 2. The number of ether oxygens (including phenoxy) is 2. The van der Waals surface area contributed by atoms with Crippen LogP contribution in [-0.4, -0.2) is 71.8 Å². The first-order valence-electron chi connectivity index (χ1n) is 14.3. The van der Waals surface area contributed by atoms with Crippen LogP contribution in [0, 0.1) is 17.0 Å². The van der Waals surface area contributed by atoms with Gasteiger partial charge in [0.25, 0.3) is 5.56 Å². The lowest BCUT2D eigenvalue weighted by atomic mass is 10.1. The summed E-state index contributed by atoms with van der Waals surface area (Å²) in [5.74, 6) is -1.69. The Hall–Kier alpha value is -5.56. The van der Waals surface area contributed by atoms with Crippen molar-refractivity contribution in [2.45, 2.75) is 13.1 Å². The van der Waals surface area contributed by atoms with E-state index in [0.717, 1.165) is 37.7 Å². The molecule has 0 unspecified atom stereocenters. The molecule has 49 heavy (non-hydrogen) atoms. The normalized spacial score (nSPS) is 11.2. The monoisotopic (exact) mass is 696 g/mol. The van der Waals surface area contributed by atoms with Gasteiger partial charge in [0.15, 0.2) is 5.82 Å². The third-order valence-corrected chi connectivity index (χ3v) is 8.40. The lowest BCUT2D eigenvalue weighted by molar-refractivity contribution is 0.0784. The van der Waals surface area contributed by atoms with Crippen molar-refractivity contribution in [3.8, 4) is 22.1 Å². The van der Waals surface area contributed by atoms with Gasteiger partial charge in [0.2, 0.25) is 5.88 Å². The van der Waals surface area contributed by atoms with Crippen LogP contribution in [0.2, 0.25) is 0 Å². The van der Waals surface area contributed by atoms with E-state index in [-0.39, 0.29) is 34.0 Å². The van der Waals surface area contributed by atoms with Crippen molar-refractivity contribution in [2.24, 2.45) is 0 Å². The molecule has 0 aliphatic heterocycles. The number of thiophene rings is 1. The zero-order chi connectivity index (χ0) is 35.4. The molecular formula is C31H30F2N8O7S. The third kappa shape index (κ3) is 7.02. The molecule has 0 atom stereocenters. The molecule has 2 aromatic carbocycles. The Morgan fingerprint density at radius 3 is 2.24 bits per heavy atom. The molecule has 0 aliphatic carbocycles. The van der Waals surface area contributed by atoms with E-state index < -0.39 is 41.5 Å². The molecule has 0 saturated heterocycles. The second-order valence-corrected chi connectivity index (χ2v) is 11.5. The summed E-state index contributed by atoms with van der Waals surface area (Å²) in [5, 5.41) is 17.1. The number of hydroxylamine groups is 2. The number of rotatable bonds is 10. The smallest absolute Gasteiger partial charge is 0.439 e. The maximum Gasteiger partial charge on any atom is 0.439 e. The van der Waals surface area contributed by atoms with Crippen LogP contribution in [0.15, 0.2) is 64.2 Å². The number of carbonyl (C=O) groups is 1. The molecule has 0 fully saturated rings. The fraction of sp³-hybridized carbons (Fsp3) is 0.226. The van der Waals surface area contributed by atoms with Gasteiger partial charge in [-0.15, -0.1) is 21.5 Å². The average Bonchev–Trinajstić information content (AvgIpc) is 3.43. The van der Waals surface area contributed by atoms with Crippen LogP contribution in [0.5, 0.6) is 5.88 Å². The predicted octanol–water partition coefficient (Wildman–Crippen LogP) is 3.66. The summed E-state index contributed by atoms with van der Waals surface area (Å²) in [6, 6.07) is 12.1. The summed E-state index contributed by atoms with van der Waals surface area (Å²) >= 11 is 1.10. The molecule has 0 saturated carbocycles. The van der Waals surface area contributed by atoms with Gasteiger partial charge in [0.1, 0.15) is 16.5 Å². The second-order valence-electron chi connectivity index (χ2n) is 10.5. The highest BCUT2D eigenvalue weighted by Crippen LogP contribution is 2.38. The molecule has 3 aromatic heterocycles. The minimum absolute atomic E-state index is 0.114. The molecule has 18 heteroatoms. The maximum atomic E-state index is 14.9. The SMILES string of the molecule is CONC(=O)OC(=N)N(OC)c1ccc(-c2sc3c(c2CN(C)C)c(=O)n(-c2ccc(OC)nn2)c(=O)n3Cc2c(F)cccc2F)cc1. The van der Waals surface area contributed by atoms with Gasteiger partial charge in [-0.05, 0) is 55.6 Å². The first-order chi connectivity index (χ1) is 23.5. The van der Waals surface area contributed by atoms with E-state index in [1.165, 1.54) is 39.5 Å². The van der Waals surface area contributed by atoms with Gasteiger partial charge in [-0.25, -0.2) is 28.3 Å². The Morgan fingerprint density at radius 1 is 0.980 bits per heavy atom. The van der Waals surface area contributed by atoms with E-state index in [1.807, 2.05) is 10.4 Å². The van der Waals surface area contributed by atoms with Gasteiger partial charge in [-0.1, -0.05) is 18.2 Å². The fourth-order valence-electron chi connectivity index (χ4n) is 4.98. The maximum absolute atomic E-state index is 14.9. The first-order valence-corrected chi connectivity index (χ1v) is 15.1. The van der Waals surface area contributed by atoms with E-state index in [1.54, 1.807) is 38.4 Å². The predicted molar refractivity (Wildman–Crippen MR) is 176 cm³/mol. The summed E-state index contributed by atoms with van der Waals surface area (Å²) < 4.78 is 41.8. The average molecular weight is 697 g/mol. The molecule has 0 aliphatic rings. The molecular weight excluding hydrogens is 666 g/mol. The molecule has 5 rings (SSSR count). The molecule has 1 amide bonds. The number of fused-ring (bicyclic) bond motifs is 1. The highest BCUT2D eigenvalue weighted by Gasteiger charge is 2.26. The number of carbonyl (C=O) groups excluding carboxylic acids is 1. The largest absolute Gasteiger partial charge is 0.480 e. The van der Waals surface area contributed by atoms with E-state index in [0.29, 0.717) is 21.7 Å². The second kappa shape index (κ2) is 14.7. The standard InChI is InChI=1S/C31H30F2N8O7S/c1-38(2)15-20-25-27(42)40(23-13-14-24(45-3)36-35-23)31(44)39(16-19-21(32)7-6-8-22(19)33)28(25)49-26(20)17-9-11-18(12-10-17)41(47-5)29(34)48-30(43)37-46-4/h6-14,34H,15-16H2,1-5H3,(H,37,43). The van der Waals surface area contributed by atoms with Crippen LogP contribution in [0.25, 0.3) is 26.5 Å². The Morgan fingerprint density at radius 2 is 1.67 bits per heavy atom. The van der Waals surface area contributed by atoms with Crippen molar-refractivity contribution in [3.63, 3.8) is 0 Å². The Kier molecular flexibility index (Phi) is 10.4. The number of benzene rings is 2. The molecule has 256 valence electrons. The van der Waals surface area contributed by atoms with E-state index in [9.17, 15) is 23.2 Å². The van der Waals surface area contributed by atoms with Crippen molar-refractivity contribution >= 4 is 39.4 Å². The lowest BCUT2D eigenvalue weighted by Crippen LogP contribution is -2.39. The Balaban J connectivity index is 1.73. The van der Waals surface area contributed by atoms with Crippen molar-refractivity contribution in [1.82, 2.24) is 29.7 Å². The minimum Gasteiger partial charge on any atom is -0.480 e. The van der Waals surface area contributed by atoms with Crippen molar-refractivity contribution in [2.75, 3.05) is 40.5 Å². The number of aromatic nitrogens is 4. The van der Waals surface area contributed by atoms with Crippen LogP contribution in [0.4, 0.5) is 19.3 Å². The number of nitrogens with zero attached hydrogens (tertiary/aromatic N) is 6. The number of amidine groups is 1. The summed E-state index contributed by atoms with van der Waals surface area (Å²) in [5.41, 5.74) is 1.43. The Bertz CT molecular complexity index is 2110. The van der Waals surface area contributed by atoms with Gasteiger partial charge < -0.3 is 14.4 Å². The number of methoxy groups -OCH3 is 1. The lowest BCUT2D eigenvalue weighted by Gasteiger charge is -2.21. The van der Waals surface area contributed by atoms with Gasteiger partial charge >= 0.3 is 17.8 Å². The van der Waals surface area contributed by atoms with E-state index >= 15 is 0 Å². The van der Waals surface area contributed by atoms with Gasteiger partial charge in [-0.3, -0.25) is 19.0 Å². The molecule has 5 aromatic rings. The van der Waals surface area contributed by atoms with Crippen LogP contribution >= 0.6 is 11.3 Å². The molecule has 0 radical (unpaired) electrons. The number of amides is 1. The summed E-state index contributed by atoms with van der Waals surface area (Å²) in [4.78, 5) is 52.4. The third-order valence-electron chi connectivity index (χ3n) is 7.10. The Labute approximate surface area is 280 Å². The highest BCUT2D eigenvalue weighted by atomic mass is 32.1. The van der Waals surface area contributed by atoms with E-state index in [2.05, 4.69) is 15.0 Å². The number of anilines is 1. The fourth-order valence-corrected chi connectivity index (χ4v) is 6.28. The quantitative estimate of drug-likeness (QED) is 0.124. The summed E-state index contributed by atoms with van der Waals surface area (Å²) in [6.07, 6.45) is -1.04. The molecule has 3 heterocycles. The first kappa shape index (κ1) is 34.8. The van der Waals surface area contributed by atoms with Crippen molar-refractivity contribution < 1.29 is 32.7 Å².